The van der Waals surface area contributed by atoms with Crippen molar-refractivity contribution in [3.8, 4) is 0 Å². The monoisotopic (exact) mass is 368 g/mol. The summed E-state index contributed by atoms with van der Waals surface area (Å²) in [6, 6.07) is 10.5. The Kier molecular flexibility index (Phi) is 6.89. The first-order valence-electron chi connectivity index (χ1n) is 11.3. The SMILES string of the molecule is CCCCCCCC(=O)C1CC2CCCC(=O)C2C1(CC)c1ccccc1. The van der Waals surface area contributed by atoms with Crippen LogP contribution in [0.5, 0.6) is 0 Å². The van der Waals surface area contributed by atoms with Crippen LogP contribution in [-0.4, -0.2) is 11.6 Å². The van der Waals surface area contributed by atoms with Gasteiger partial charge in [0.2, 0.25) is 0 Å². The van der Waals surface area contributed by atoms with Crippen molar-refractivity contribution in [3.05, 3.63) is 35.9 Å². The Morgan fingerprint density at radius 2 is 1.81 bits per heavy atom. The number of Topliss-reactive ketones (excluding diaryl/α,β-unsaturated/α-hetero) is 2. The molecule has 0 aliphatic heterocycles. The zero-order valence-electron chi connectivity index (χ0n) is 17.2. The molecule has 0 amide bonds. The fourth-order valence-corrected chi connectivity index (χ4v) is 6.11. The third-order valence-corrected chi connectivity index (χ3v) is 7.34. The highest BCUT2D eigenvalue weighted by molar-refractivity contribution is 5.89. The summed E-state index contributed by atoms with van der Waals surface area (Å²) < 4.78 is 0. The van der Waals surface area contributed by atoms with Crippen molar-refractivity contribution in [1.82, 2.24) is 0 Å². The number of carbonyl (C=O) groups is 2. The first kappa shape index (κ1) is 20.3. The third-order valence-electron chi connectivity index (χ3n) is 7.34. The van der Waals surface area contributed by atoms with Gasteiger partial charge in [0.05, 0.1) is 0 Å². The molecular weight excluding hydrogens is 332 g/mol. The minimum Gasteiger partial charge on any atom is -0.299 e. The third kappa shape index (κ3) is 3.91. The second-order valence-electron chi connectivity index (χ2n) is 8.78. The Labute approximate surface area is 165 Å². The lowest BCUT2D eigenvalue weighted by Crippen LogP contribution is -2.45. The summed E-state index contributed by atoms with van der Waals surface area (Å²) in [4.78, 5) is 26.4. The Hall–Kier alpha value is -1.44. The van der Waals surface area contributed by atoms with E-state index in [2.05, 4.69) is 38.1 Å². The van der Waals surface area contributed by atoms with Gasteiger partial charge in [0.1, 0.15) is 11.6 Å². The number of ketones is 2. The standard InChI is InChI=1S/C25H36O2/c1-3-5-6-7-11-16-22(26)21-18-19-13-12-17-23(27)24(19)25(21,4-2)20-14-9-8-10-15-20/h8-10,14-15,19,21,24H,3-7,11-13,16-18H2,1-2H3. The van der Waals surface area contributed by atoms with Gasteiger partial charge < -0.3 is 0 Å². The van der Waals surface area contributed by atoms with Crippen molar-refractivity contribution in [1.29, 1.82) is 0 Å². The van der Waals surface area contributed by atoms with Crippen LogP contribution < -0.4 is 0 Å². The molecule has 2 saturated carbocycles. The van der Waals surface area contributed by atoms with Crippen molar-refractivity contribution < 1.29 is 9.59 Å². The number of hydrogen-bond donors (Lipinski definition) is 0. The molecule has 2 fully saturated rings. The van der Waals surface area contributed by atoms with E-state index in [1.165, 1.54) is 24.8 Å². The predicted molar refractivity (Wildman–Crippen MR) is 111 cm³/mol. The number of unbranched alkanes of at least 4 members (excludes halogenated alkanes) is 4. The van der Waals surface area contributed by atoms with E-state index in [0.717, 1.165) is 38.5 Å². The average Bonchev–Trinajstić information content (AvgIpc) is 3.05. The molecule has 1 aromatic carbocycles. The highest BCUT2D eigenvalue weighted by Crippen LogP contribution is 2.58. The zero-order chi connectivity index (χ0) is 19.3. The van der Waals surface area contributed by atoms with Gasteiger partial charge in [-0.05, 0) is 43.6 Å². The molecule has 2 aliphatic rings. The molecule has 0 aromatic heterocycles. The van der Waals surface area contributed by atoms with Gasteiger partial charge in [0, 0.05) is 30.1 Å². The average molecular weight is 369 g/mol. The smallest absolute Gasteiger partial charge is 0.137 e. The van der Waals surface area contributed by atoms with E-state index >= 15 is 0 Å². The second-order valence-corrected chi connectivity index (χ2v) is 8.78. The van der Waals surface area contributed by atoms with E-state index in [9.17, 15) is 9.59 Å². The summed E-state index contributed by atoms with van der Waals surface area (Å²) in [6.45, 7) is 4.41. The van der Waals surface area contributed by atoms with E-state index < -0.39 is 0 Å². The number of rotatable bonds is 9. The first-order chi connectivity index (χ1) is 13.1. The molecule has 2 aliphatic carbocycles. The van der Waals surface area contributed by atoms with Crippen molar-refractivity contribution in [2.75, 3.05) is 0 Å². The number of hydrogen-bond acceptors (Lipinski definition) is 2. The Morgan fingerprint density at radius 1 is 1.07 bits per heavy atom. The molecule has 0 heterocycles. The lowest BCUT2D eigenvalue weighted by atomic mass is 9.60. The van der Waals surface area contributed by atoms with Crippen molar-refractivity contribution in [2.45, 2.75) is 89.9 Å². The topological polar surface area (TPSA) is 34.1 Å². The molecule has 0 radical (unpaired) electrons. The van der Waals surface area contributed by atoms with Gasteiger partial charge in [0.25, 0.3) is 0 Å². The minimum absolute atomic E-state index is 0.0214. The molecule has 3 rings (SSSR count). The van der Waals surface area contributed by atoms with E-state index in [-0.39, 0.29) is 17.3 Å². The lowest BCUT2D eigenvalue weighted by Gasteiger charge is -2.41. The van der Waals surface area contributed by atoms with Crippen molar-refractivity contribution >= 4 is 11.6 Å². The van der Waals surface area contributed by atoms with Gasteiger partial charge in [-0.25, -0.2) is 0 Å². The molecule has 1 aromatic rings. The number of benzene rings is 1. The van der Waals surface area contributed by atoms with Crippen LogP contribution in [0.1, 0.15) is 90.0 Å². The van der Waals surface area contributed by atoms with Gasteiger partial charge in [0.15, 0.2) is 0 Å². The van der Waals surface area contributed by atoms with Gasteiger partial charge in [-0.3, -0.25) is 9.59 Å². The Balaban J connectivity index is 1.86. The van der Waals surface area contributed by atoms with Gasteiger partial charge in [-0.15, -0.1) is 0 Å². The summed E-state index contributed by atoms with van der Waals surface area (Å²) in [5.74, 6) is 1.30. The van der Waals surface area contributed by atoms with Crippen LogP contribution in [0.4, 0.5) is 0 Å². The molecule has 0 bridgehead atoms. The molecule has 4 atom stereocenters. The zero-order valence-corrected chi connectivity index (χ0v) is 17.2. The van der Waals surface area contributed by atoms with Crippen LogP contribution in [0, 0.1) is 17.8 Å². The van der Waals surface area contributed by atoms with Gasteiger partial charge in [-0.2, -0.15) is 0 Å². The first-order valence-corrected chi connectivity index (χ1v) is 11.3. The van der Waals surface area contributed by atoms with Gasteiger partial charge >= 0.3 is 0 Å². The van der Waals surface area contributed by atoms with Crippen LogP contribution in [0.15, 0.2) is 30.3 Å². The van der Waals surface area contributed by atoms with Crippen LogP contribution in [0.25, 0.3) is 0 Å². The van der Waals surface area contributed by atoms with E-state index in [1.807, 2.05) is 6.07 Å². The highest BCUT2D eigenvalue weighted by atomic mass is 16.1. The van der Waals surface area contributed by atoms with E-state index in [4.69, 9.17) is 0 Å². The van der Waals surface area contributed by atoms with Crippen LogP contribution in [0.3, 0.4) is 0 Å². The summed E-state index contributed by atoms with van der Waals surface area (Å²) in [7, 11) is 0. The molecule has 2 heteroatoms. The van der Waals surface area contributed by atoms with Crippen LogP contribution in [0.2, 0.25) is 0 Å². The summed E-state index contributed by atoms with van der Waals surface area (Å²) in [5.41, 5.74) is 0.948. The second kappa shape index (κ2) is 9.17. The quantitative estimate of drug-likeness (QED) is 0.481. The minimum atomic E-state index is -0.274. The highest BCUT2D eigenvalue weighted by Gasteiger charge is 2.59. The molecule has 0 saturated heterocycles. The number of fused-ring (bicyclic) bond motifs is 1. The maximum absolute atomic E-state index is 13.4. The maximum Gasteiger partial charge on any atom is 0.137 e. The summed E-state index contributed by atoms with van der Waals surface area (Å²) in [6.07, 6.45) is 11.2. The van der Waals surface area contributed by atoms with E-state index in [1.54, 1.807) is 0 Å². The molecule has 27 heavy (non-hydrogen) atoms. The Bertz CT molecular complexity index is 635. The molecular formula is C25H36O2. The fourth-order valence-electron chi connectivity index (χ4n) is 6.11. The molecule has 4 unspecified atom stereocenters. The summed E-state index contributed by atoms with van der Waals surface area (Å²) in [5, 5.41) is 0. The van der Waals surface area contributed by atoms with Crippen molar-refractivity contribution in [2.24, 2.45) is 17.8 Å². The molecule has 148 valence electrons. The van der Waals surface area contributed by atoms with E-state index in [0.29, 0.717) is 30.3 Å². The molecule has 0 N–H and O–H groups in total. The van der Waals surface area contributed by atoms with Crippen molar-refractivity contribution in [3.63, 3.8) is 0 Å². The molecule has 2 nitrogen and oxygen atoms in total. The van der Waals surface area contributed by atoms with Gasteiger partial charge in [-0.1, -0.05) is 69.9 Å². The summed E-state index contributed by atoms with van der Waals surface area (Å²) >= 11 is 0. The van der Waals surface area contributed by atoms with Crippen LogP contribution in [-0.2, 0) is 15.0 Å². The normalized spacial score (nSPS) is 30.3. The fraction of sp³-hybridized carbons (Fsp3) is 0.680. The van der Waals surface area contributed by atoms with Crippen LogP contribution >= 0.6 is 0 Å². The Morgan fingerprint density at radius 3 is 2.52 bits per heavy atom. The lowest BCUT2D eigenvalue weighted by molar-refractivity contribution is -0.129. The molecule has 0 spiro atoms. The largest absolute Gasteiger partial charge is 0.299 e. The predicted octanol–water partition coefficient (Wildman–Crippen LogP) is 6.27. The maximum atomic E-state index is 13.4. The number of carbonyl (C=O) groups excluding carboxylic acids is 2.